The van der Waals surface area contributed by atoms with E-state index < -0.39 is 51.8 Å². The fourth-order valence-electron chi connectivity index (χ4n) is 5.87. The van der Waals surface area contributed by atoms with Crippen LogP contribution in [0, 0.1) is 0 Å². The van der Waals surface area contributed by atoms with Gasteiger partial charge in [-0.3, -0.25) is 18.6 Å². The molecular formula is C41H79O10P. The number of carbonyl (C=O) groups is 2. The Labute approximate surface area is 317 Å². The van der Waals surface area contributed by atoms with Crippen LogP contribution in [0.25, 0.3) is 0 Å². The Hall–Kier alpha value is -1.29. The molecule has 52 heavy (non-hydrogen) atoms. The van der Waals surface area contributed by atoms with E-state index in [0.29, 0.717) is 12.8 Å². The topological polar surface area (TPSA) is 149 Å². The normalized spacial score (nSPS) is 14.0. The van der Waals surface area contributed by atoms with Crippen LogP contribution in [-0.4, -0.2) is 65.7 Å². The summed E-state index contributed by atoms with van der Waals surface area (Å²) in [5.74, 6) is -0.921. The number of carbonyl (C=O) groups excluding carboxylic acids is 2. The van der Waals surface area contributed by atoms with Gasteiger partial charge in [0.25, 0.3) is 0 Å². The van der Waals surface area contributed by atoms with Crippen molar-refractivity contribution >= 4 is 19.8 Å². The lowest BCUT2D eigenvalue weighted by molar-refractivity contribution is -0.161. The molecule has 0 aliphatic carbocycles. The predicted octanol–water partition coefficient (Wildman–Crippen LogP) is 10.8. The molecule has 0 spiro atoms. The zero-order valence-electron chi connectivity index (χ0n) is 33.3. The summed E-state index contributed by atoms with van der Waals surface area (Å²) in [7, 11) is -4.61. The number of esters is 2. The Morgan fingerprint density at radius 3 is 1.38 bits per heavy atom. The molecule has 0 radical (unpaired) electrons. The number of allylic oxidation sites excluding steroid dienone is 2. The number of rotatable bonds is 40. The third-order valence-corrected chi connectivity index (χ3v) is 10.1. The van der Waals surface area contributed by atoms with Crippen molar-refractivity contribution in [1.29, 1.82) is 0 Å². The van der Waals surface area contributed by atoms with Crippen molar-refractivity contribution in [3.05, 3.63) is 12.2 Å². The maximum Gasteiger partial charge on any atom is 0.472 e. The average molecular weight is 763 g/mol. The molecule has 3 N–H and O–H groups in total. The predicted molar refractivity (Wildman–Crippen MR) is 210 cm³/mol. The maximum absolute atomic E-state index is 12.5. The lowest BCUT2D eigenvalue weighted by atomic mass is 10.1. The highest BCUT2D eigenvalue weighted by Gasteiger charge is 2.27. The average Bonchev–Trinajstić information content (AvgIpc) is 3.13. The van der Waals surface area contributed by atoms with Gasteiger partial charge < -0.3 is 24.6 Å². The lowest BCUT2D eigenvalue weighted by Crippen LogP contribution is -2.29. The summed E-state index contributed by atoms with van der Waals surface area (Å²) < 4.78 is 32.6. The molecule has 0 aromatic heterocycles. The summed E-state index contributed by atoms with van der Waals surface area (Å²) in [4.78, 5) is 34.9. The standard InChI is InChI=1S/C41H79O10P/c1-3-5-7-9-11-13-15-16-17-18-19-20-21-22-23-25-26-28-30-32-40(44)48-36-39(37-50-52(46,47)49-35-38(43)34-42)51-41(45)33-31-29-27-24-14-12-10-8-6-4-2/h16-17,38-39,42-43H,3-15,18-37H2,1-2H3,(H,46,47)/b17-16+/t38-,39+/m1/s1. The Kier molecular flexibility index (Phi) is 37.1. The van der Waals surface area contributed by atoms with Gasteiger partial charge in [0, 0.05) is 12.8 Å². The molecule has 0 rings (SSSR count). The van der Waals surface area contributed by atoms with Crippen LogP contribution in [0.1, 0.15) is 200 Å². The minimum Gasteiger partial charge on any atom is -0.462 e. The first kappa shape index (κ1) is 50.7. The van der Waals surface area contributed by atoms with E-state index in [9.17, 15) is 24.2 Å². The Morgan fingerprint density at radius 2 is 0.942 bits per heavy atom. The molecule has 0 amide bonds. The highest BCUT2D eigenvalue weighted by molar-refractivity contribution is 7.47. The minimum absolute atomic E-state index is 0.188. The molecule has 0 aromatic carbocycles. The fraction of sp³-hybridized carbons (Fsp3) is 0.902. The highest BCUT2D eigenvalue weighted by atomic mass is 31.2. The van der Waals surface area contributed by atoms with Crippen molar-refractivity contribution < 1.29 is 47.8 Å². The molecule has 1 unspecified atom stereocenters. The van der Waals surface area contributed by atoms with Crippen molar-refractivity contribution in [1.82, 2.24) is 0 Å². The number of phosphoric ester groups is 1. The summed E-state index contributed by atoms with van der Waals surface area (Å²) in [5, 5.41) is 18.3. The number of phosphoric acid groups is 1. The molecular weight excluding hydrogens is 683 g/mol. The van der Waals surface area contributed by atoms with Gasteiger partial charge in [-0.05, 0) is 38.5 Å². The van der Waals surface area contributed by atoms with Gasteiger partial charge in [0.05, 0.1) is 19.8 Å². The van der Waals surface area contributed by atoms with Crippen LogP contribution < -0.4 is 0 Å². The number of aliphatic hydroxyl groups is 2. The lowest BCUT2D eigenvalue weighted by Gasteiger charge is -2.20. The molecule has 3 atom stereocenters. The van der Waals surface area contributed by atoms with Crippen LogP contribution in [0.15, 0.2) is 12.2 Å². The first-order chi connectivity index (χ1) is 25.2. The molecule has 0 aliphatic heterocycles. The summed E-state index contributed by atoms with van der Waals surface area (Å²) in [6.07, 6.45) is 34.7. The van der Waals surface area contributed by atoms with Crippen LogP contribution in [0.5, 0.6) is 0 Å². The Morgan fingerprint density at radius 1 is 0.558 bits per heavy atom. The van der Waals surface area contributed by atoms with Crippen molar-refractivity contribution in [3.63, 3.8) is 0 Å². The largest absolute Gasteiger partial charge is 0.472 e. The molecule has 0 heterocycles. The second kappa shape index (κ2) is 38.0. The van der Waals surface area contributed by atoms with E-state index in [-0.39, 0.29) is 19.4 Å². The van der Waals surface area contributed by atoms with E-state index in [1.807, 2.05) is 0 Å². The molecule has 0 aromatic rings. The number of unbranched alkanes of at least 4 members (excludes halogenated alkanes) is 24. The van der Waals surface area contributed by atoms with E-state index >= 15 is 0 Å². The van der Waals surface area contributed by atoms with Gasteiger partial charge in [0.2, 0.25) is 0 Å². The molecule has 0 saturated heterocycles. The molecule has 0 aliphatic rings. The van der Waals surface area contributed by atoms with Gasteiger partial charge in [0.15, 0.2) is 6.10 Å². The number of aliphatic hydroxyl groups excluding tert-OH is 2. The smallest absolute Gasteiger partial charge is 0.462 e. The van der Waals surface area contributed by atoms with Crippen LogP contribution in [0.2, 0.25) is 0 Å². The first-order valence-electron chi connectivity index (χ1n) is 21.1. The van der Waals surface area contributed by atoms with Crippen molar-refractivity contribution in [2.75, 3.05) is 26.4 Å². The summed E-state index contributed by atoms with van der Waals surface area (Å²) in [6, 6.07) is 0. The van der Waals surface area contributed by atoms with E-state index in [2.05, 4.69) is 30.5 Å². The molecule has 11 heteroatoms. The van der Waals surface area contributed by atoms with Crippen LogP contribution >= 0.6 is 7.82 Å². The zero-order chi connectivity index (χ0) is 38.4. The van der Waals surface area contributed by atoms with Gasteiger partial charge in [-0.1, -0.05) is 161 Å². The quantitative estimate of drug-likeness (QED) is 0.0238. The number of ether oxygens (including phenoxy) is 2. The summed E-state index contributed by atoms with van der Waals surface area (Å²) in [5.41, 5.74) is 0. The van der Waals surface area contributed by atoms with Gasteiger partial charge in [-0.25, -0.2) is 4.57 Å². The van der Waals surface area contributed by atoms with Gasteiger partial charge in [-0.15, -0.1) is 0 Å². The SMILES string of the molecule is CCCCCCCC/C=C/CCCCCCCCCCCC(=O)OC[C@@H](COP(=O)(O)OC[C@H](O)CO)OC(=O)CCCCCCCCCCCC. The van der Waals surface area contributed by atoms with E-state index in [0.717, 1.165) is 38.5 Å². The molecule has 10 nitrogen and oxygen atoms in total. The van der Waals surface area contributed by atoms with Crippen molar-refractivity contribution in [3.8, 4) is 0 Å². The van der Waals surface area contributed by atoms with Gasteiger partial charge >= 0.3 is 19.8 Å². The second-order valence-electron chi connectivity index (χ2n) is 14.4. The van der Waals surface area contributed by atoms with E-state index in [1.54, 1.807) is 0 Å². The second-order valence-corrected chi connectivity index (χ2v) is 15.8. The Balaban J connectivity index is 4.20. The third-order valence-electron chi connectivity index (χ3n) is 9.17. The van der Waals surface area contributed by atoms with E-state index in [4.69, 9.17) is 19.1 Å². The Bertz CT molecular complexity index is 884. The molecule has 0 bridgehead atoms. The van der Waals surface area contributed by atoms with Gasteiger partial charge in [0.1, 0.15) is 12.7 Å². The molecule has 308 valence electrons. The zero-order valence-corrected chi connectivity index (χ0v) is 34.2. The summed E-state index contributed by atoms with van der Waals surface area (Å²) in [6.45, 7) is 2.37. The highest BCUT2D eigenvalue weighted by Crippen LogP contribution is 2.43. The third kappa shape index (κ3) is 37.0. The summed E-state index contributed by atoms with van der Waals surface area (Å²) >= 11 is 0. The first-order valence-corrected chi connectivity index (χ1v) is 22.6. The number of hydrogen-bond donors (Lipinski definition) is 3. The van der Waals surface area contributed by atoms with Crippen LogP contribution in [-0.2, 0) is 32.7 Å². The van der Waals surface area contributed by atoms with Crippen molar-refractivity contribution in [2.24, 2.45) is 0 Å². The van der Waals surface area contributed by atoms with Gasteiger partial charge in [-0.2, -0.15) is 0 Å². The van der Waals surface area contributed by atoms with E-state index in [1.165, 1.54) is 122 Å². The fourth-order valence-corrected chi connectivity index (χ4v) is 6.66. The minimum atomic E-state index is -4.61. The maximum atomic E-state index is 12.5. The van der Waals surface area contributed by atoms with Crippen LogP contribution in [0.3, 0.4) is 0 Å². The monoisotopic (exact) mass is 763 g/mol. The van der Waals surface area contributed by atoms with Crippen molar-refractivity contribution in [2.45, 2.75) is 212 Å². The molecule has 0 saturated carbocycles. The van der Waals surface area contributed by atoms with Crippen LogP contribution in [0.4, 0.5) is 0 Å². The molecule has 0 fully saturated rings. The number of hydrogen-bond acceptors (Lipinski definition) is 9.